The molecule has 2 aromatic rings. The zero-order valence-electron chi connectivity index (χ0n) is 12.8. The second-order valence-corrected chi connectivity index (χ2v) is 6.34. The van der Waals surface area contributed by atoms with Crippen molar-refractivity contribution in [2.45, 2.75) is 13.0 Å². The molecule has 126 valence electrons. The summed E-state index contributed by atoms with van der Waals surface area (Å²) < 4.78 is 5.79. The number of halogens is 2. The van der Waals surface area contributed by atoms with E-state index in [-0.39, 0.29) is 17.4 Å². The molecule has 0 saturated heterocycles. The van der Waals surface area contributed by atoms with Crippen LogP contribution in [0.25, 0.3) is 0 Å². The molecule has 5 nitrogen and oxygen atoms in total. The van der Waals surface area contributed by atoms with Gasteiger partial charge in [0.05, 0.1) is 6.04 Å². The summed E-state index contributed by atoms with van der Waals surface area (Å²) in [6, 6.07) is 11.3. The van der Waals surface area contributed by atoms with Crippen LogP contribution < -0.4 is 5.32 Å². The Labute approximate surface area is 152 Å². The fraction of sp³-hybridized carbons (Fsp3) is 0.176. The summed E-state index contributed by atoms with van der Waals surface area (Å²) in [6.07, 6.45) is 0. The van der Waals surface area contributed by atoms with Crippen molar-refractivity contribution in [3.05, 3.63) is 63.1 Å². The Bertz CT molecular complexity index is 766. The Kier molecular flexibility index (Phi) is 6.23. The van der Waals surface area contributed by atoms with Gasteiger partial charge in [0.25, 0.3) is 5.91 Å². The van der Waals surface area contributed by atoms with Crippen LogP contribution in [0, 0.1) is 0 Å². The predicted molar refractivity (Wildman–Crippen MR) is 94.1 cm³/mol. The average molecular weight is 413 g/mol. The zero-order chi connectivity index (χ0) is 17.7. The van der Waals surface area contributed by atoms with Crippen LogP contribution in [0.15, 0.2) is 46.9 Å². The molecule has 7 heteroatoms. The second-order valence-electron chi connectivity index (χ2n) is 5.05. The molecule has 0 aromatic heterocycles. The third kappa shape index (κ3) is 4.72. The number of amides is 1. The van der Waals surface area contributed by atoms with Crippen LogP contribution >= 0.6 is 27.5 Å². The number of carbonyl (C=O) groups excluding carboxylic acids is 2. The summed E-state index contributed by atoms with van der Waals surface area (Å²) in [7, 11) is 0. The SMILES string of the molecule is C[C@H](NC(=O)COC(=O)c1ccc(Cl)cc1O)c1ccccc1Br. The molecule has 2 aromatic carbocycles. The Balaban J connectivity index is 1.91. The molecule has 24 heavy (non-hydrogen) atoms. The molecule has 2 rings (SSSR count). The van der Waals surface area contributed by atoms with Crippen molar-refractivity contribution in [2.24, 2.45) is 0 Å². The van der Waals surface area contributed by atoms with Gasteiger partial charge in [-0.05, 0) is 36.8 Å². The van der Waals surface area contributed by atoms with E-state index < -0.39 is 18.5 Å². The number of hydrogen-bond acceptors (Lipinski definition) is 4. The number of aromatic hydroxyl groups is 1. The Morgan fingerprint density at radius 3 is 2.67 bits per heavy atom. The van der Waals surface area contributed by atoms with E-state index in [1.54, 1.807) is 0 Å². The van der Waals surface area contributed by atoms with E-state index >= 15 is 0 Å². The minimum Gasteiger partial charge on any atom is -0.507 e. The first-order valence-corrected chi connectivity index (χ1v) is 8.25. The molecule has 0 heterocycles. The smallest absolute Gasteiger partial charge is 0.342 e. The molecule has 0 bridgehead atoms. The number of hydrogen-bond donors (Lipinski definition) is 2. The van der Waals surface area contributed by atoms with Crippen molar-refractivity contribution >= 4 is 39.4 Å². The van der Waals surface area contributed by atoms with E-state index in [1.807, 2.05) is 31.2 Å². The first-order valence-electron chi connectivity index (χ1n) is 7.08. The van der Waals surface area contributed by atoms with Gasteiger partial charge in [-0.2, -0.15) is 0 Å². The van der Waals surface area contributed by atoms with Crippen LogP contribution in [0.5, 0.6) is 5.75 Å². The fourth-order valence-corrected chi connectivity index (χ4v) is 2.87. The number of benzene rings is 2. The van der Waals surface area contributed by atoms with Gasteiger partial charge in [-0.1, -0.05) is 45.7 Å². The van der Waals surface area contributed by atoms with Crippen LogP contribution in [-0.4, -0.2) is 23.6 Å². The van der Waals surface area contributed by atoms with Crippen molar-refractivity contribution in [3.63, 3.8) is 0 Å². The van der Waals surface area contributed by atoms with Gasteiger partial charge in [0.2, 0.25) is 0 Å². The van der Waals surface area contributed by atoms with Gasteiger partial charge in [-0.3, -0.25) is 4.79 Å². The number of nitrogens with one attached hydrogen (secondary N) is 1. The molecular formula is C17H15BrClNO4. The molecule has 0 radical (unpaired) electrons. The molecule has 0 aliphatic heterocycles. The van der Waals surface area contributed by atoms with Crippen molar-refractivity contribution in [1.29, 1.82) is 0 Å². The highest BCUT2D eigenvalue weighted by Gasteiger charge is 2.16. The highest BCUT2D eigenvalue weighted by molar-refractivity contribution is 9.10. The monoisotopic (exact) mass is 411 g/mol. The molecule has 0 aliphatic carbocycles. The van der Waals surface area contributed by atoms with Gasteiger partial charge in [0.15, 0.2) is 6.61 Å². The minimum absolute atomic E-state index is 0.0500. The molecule has 1 atom stereocenters. The standard InChI is InChI=1S/C17H15BrClNO4/c1-10(12-4-2-3-5-14(12)18)20-16(22)9-24-17(23)13-7-6-11(19)8-15(13)21/h2-8,10,21H,9H2,1H3,(H,20,22)/t10-/m0/s1. The van der Waals surface area contributed by atoms with Crippen LogP contribution in [0.1, 0.15) is 28.9 Å². The molecule has 2 N–H and O–H groups in total. The summed E-state index contributed by atoms with van der Waals surface area (Å²) >= 11 is 9.12. The maximum Gasteiger partial charge on any atom is 0.342 e. The molecule has 0 unspecified atom stereocenters. The Morgan fingerprint density at radius 1 is 1.29 bits per heavy atom. The maximum atomic E-state index is 11.9. The Morgan fingerprint density at radius 2 is 2.00 bits per heavy atom. The molecule has 0 saturated carbocycles. The first kappa shape index (κ1) is 18.3. The predicted octanol–water partition coefficient (Wildman–Crippen LogP) is 3.84. The van der Waals surface area contributed by atoms with Crippen molar-refractivity contribution < 1.29 is 19.4 Å². The lowest BCUT2D eigenvalue weighted by Crippen LogP contribution is -2.31. The quantitative estimate of drug-likeness (QED) is 0.732. The number of esters is 1. The lowest BCUT2D eigenvalue weighted by Gasteiger charge is -2.16. The van der Waals surface area contributed by atoms with Crippen molar-refractivity contribution in [3.8, 4) is 5.75 Å². The van der Waals surface area contributed by atoms with Crippen LogP contribution in [-0.2, 0) is 9.53 Å². The number of carbonyl (C=O) groups is 2. The summed E-state index contributed by atoms with van der Waals surface area (Å²) in [5.41, 5.74) is 0.860. The van der Waals surface area contributed by atoms with Crippen molar-refractivity contribution in [1.82, 2.24) is 5.32 Å². The van der Waals surface area contributed by atoms with Gasteiger partial charge in [0.1, 0.15) is 11.3 Å². The molecule has 0 spiro atoms. The van der Waals surface area contributed by atoms with Crippen LogP contribution in [0.3, 0.4) is 0 Å². The van der Waals surface area contributed by atoms with Gasteiger partial charge >= 0.3 is 5.97 Å². The van der Waals surface area contributed by atoms with Gasteiger partial charge in [0, 0.05) is 9.50 Å². The average Bonchev–Trinajstić information content (AvgIpc) is 2.53. The lowest BCUT2D eigenvalue weighted by molar-refractivity contribution is -0.124. The highest BCUT2D eigenvalue weighted by Crippen LogP contribution is 2.23. The lowest BCUT2D eigenvalue weighted by atomic mass is 10.1. The summed E-state index contributed by atoms with van der Waals surface area (Å²) in [4.78, 5) is 23.8. The largest absolute Gasteiger partial charge is 0.507 e. The minimum atomic E-state index is -0.798. The van der Waals surface area contributed by atoms with Gasteiger partial charge < -0.3 is 15.2 Å². The topological polar surface area (TPSA) is 75.6 Å². The molecule has 0 fully saturated rings. The molecular weight excluding hydrogens is 398 g/mol. The number of ether oxygens (including phenoxy) is 1. The van der Waals surface area contributed by atoms with Gasteiger partial charge in [-0.15, -0.1) is 0 Å². The van der Waals surface area contributed by atoms with Crippen LogP contribution in [0.4, 0.5) is 0 Å². The highest BCUT2D eigenvalue weighted by atomic mass is 79.9. The second kappa shape index (κ2) is 8.17. The third-order valence-corrected chi connectivity index (χ3v) is 4.22. The molecule has 1 amide bonds. The zero-order valence-corrected chi connectivity index (χ0v) is 15.1. The summed E-state index contributed by atoms with van der Waals surface area (Å²) in [6.45, 7) is 1.38. The Hall–Kier alpha value is -2.05. The number of phenols is 1. The van der Waals surface area contributed by atoms with E-state index in [1.165, 1.54) is 18.2 Å². The van der Waals surface area contributed by atoms with E-state index in [9.17, 15) is 14.7 Å². The third-order valence-electron chi connectivity index (χ3n) is 3.26. The first-order chi connectivity index (χ1) is 11.4. The number of phenolic OH excluding ortho intramolecular Hbond substituents is 1. The van der Waals surface area contributed by atoms with Crippen LogP contribution in [0.2, 0.25) is 5.02 Å². The fourth-order valence-electron chi connectivity index (χ4n) is 2.07. The summed E-state index contributed by atoms with van der Waals surface area (Å²) in [5.74, 6) is -1.54. The van der Waals surface area contributed by atoms with Gasteiger partial charge in [-0.25, -0.2) is 4.79 Å². The van der Waals surface area contributed by atoms with E-state index in [2.05, 4.69) is 21.2 Å². The van der Waals surface area contributed by atoms with E-state index in [0.29, 0.717) is 5.02 Å². The summed E-state index contributed by atoms with van der Waals surface area (Å²) in [5, 5.41) is 12.7. The number of rotatable bonds is 5. The maximum absolute atomic E-state index is 11.9. The van der Waals surface area contributed by atoms with E-state index in [4.69, 9.17) is 16.3 Å². The molecule has 0 aliphatic rings. The van der Waals surface area contributed by atoms with Crippen molar-refractivity contribution in [2.75, 3.05) is 6.61 Å². The van der Waals surface area contributed by atoms with E-state index in [0.717, 1.165) is 10.0 Å². The normalized spacial score (nSPS) is 11.6.